The molecule has 0 aliphatic carbocycles. The highest BCUT2D eigenvalue weighted by atomic mass is 35.5. The second kappa shape index (κ2) is 6.08. The molecule has 1 atom stereocenters. The Balaban J connectivity index is 1.45. The Morgan fingerprint density at radius 1 is 1.26 bits per heavy atom. The zero-order valence-electron chi connectivity index (χ0n) is 14.0. The van der Waals surface area contributed by atoms with Crippen molar-refractivity contribution < 1.29 is 0 Å². The molecule has 2 aliphatic rings. The predicted molar refractivity (Wildman–Crippen MR) is 94.8 cm³/mol. The highest BCUT2D eigenvalue weighted by Gasteiger charge is 2.35. The number of nitrogens with zero attached hydrogens (tertiary/aromatic N) is 4. The Labute approximate surface area is 143 Å². The first-order valence-corrected chi connectivity index (χ1v) is 9.09. The van der Waals surface area contributed by atoms with E-state index in [1.54, 1.807) is 0 Å². The second-order valence-electron chi connectivity index (χ2n) is 7.13. The Morgan fingerprint density at radius 3 is 2.87 bits per heavy atom. The van der Waals surface area contributed by atoms with Gasteiger partial charge in [0.15, 0.2) is 0 Å². The first-order chi connectivity index (χ1) is 11.1. The molecule has 5 heteroatoms. The Morgan fingerprint density at radius 2 is 2.09 bits per heavy atom. The van der Waals surface area contributed by atoms with E-state index < -0.39 is 0 Å². The molecule has 4 nitrogen and oxygen atoms in total. The van der Waals surface area contributed by atoms with Crippen LogP contribution in [0.2, 0.25) is 5.02 Å². The highest BCUT2D eigenvalue weighted by molar-refractivity contribution is 6.35. The van der Waals surface area contributed by atoms with Crippen LogP contribution in [0.3, 0.4) is 0 Å². The fourth-order valence-corrected chi connectivity index (χ4v) is 4.50. The van der Waals surface area contributed by atoms with E-state index in [2.05, 4.69) is 22.8 Å². The molecule has 0 radical (unpaired) electrons. The fourth-order valence-electron chi connectivity index (χ4n) is 4.22. The second-order valence-corrected chi connectivity index (χ2v) is 7.54. The molecule has 0 unspecified atom stereocenters. The SMILES string of the molecule is C[C@@H]1CCCCN1C1CN(Cc2nn(C)c3cccc(Cl)c23)C1. The number of hydrogen-bond donors (Lipinski definition) is 0. The van der Waals surface area contributed by atoms with Gasteiger partial charge < -0.3 is 0 Å². The van der Waals surface area contributed by atoms with Crippen LogP contribution in [-0.2, 0) is 13.6 Å². The number of benzene rings is 1. The highest BCUT2D eigenvalue weighted by Crippen LogP contribution is 2.30. The minimum absolute atomic E-state index is 0.732. The summed E-state index contributed by atoms with van der Waals surface area (Å²) in [6.07, 6.45) is 4.12. The van der Waals surface area contributed by atoms with E-state index in [1.807, 2.05) is 23.9 Å². The van der Waals surface area contributed by atoms with E-state index in [0.717, 1.165) is 53.3 Å². The van der Waals surface area contributed by atoms with Crippen LogP contribution in [0.5, 0.6) is 0 Å². The average molecular weight is 333 g/mol. The van der Waals surface area contributed by atoms with Crippen LogP contribution in [0.4, 0.5) is 0 Å². The summed E-state index contributed by atoms with van der Waals surface area (Å²) in [5, 5.41) is 6.63. The Hall–Kier alpha value is -1.10. The Bertz CT molecular complexity index is 704. The van der Waals surface area contributed by atoms with Gasteiger partial charge in [-0.05, 0) is 38.4 Å². The minimum Gasteiger partial charge on any atom is -0.295 e. The number of halogens is 1. The van der Waals surface area contributed by atoms with Crippen LogP contribution >= 0.6 is 11.6 Å². The maximum absolute atomic E-state index is 6.41. The standard InChI is InChI=1S/C18H25ClN4/c1-13-6-3-4-9-23(13)14-10-22(11-14)12-16-18-15(19)7-5-8-17(18)21(2)20-16/h5,7-8,13-14H,3-4,6,9-12H2,1-2H3/t13-/m1/s1. The van der Waals surface area contributed by atoms with Crippen molar-refractivity contribution in [2.75, 3.05) is 19.6 Å². The van der Waals surface area contributed by atoms with Crippen LogP contribution < -0.4 is 0 Å². The molecule has 4 rings (SSSR count). The number of rotatable bonds is 3. The number of hydrogen-bond acceptors (Lipinski definition) is 3. The van der Waals surface area contributed by atoms with Crippen LogP contribution in [0, 0.1) is 0 Å². The number of likely N-dealkylation sites (tertiary alicyclic amines) is 2. The van der Waals surface area contributed by atoms with E-state index in [1.165, 1.54) is 25.8 Å². The summed E-state index contributed by atoms with van der Waals surface area (Å²) < 4.78 is 1.94. The minimum atomic E-state index is 0.732. The molecule has 23 heavy (non-hydrogen) atoms. The smallest absolute Gasteiger partial charge is 0.0858 e. The Kier molecular flexibility index (Phi) is 4.08. The quantitative estimate of drug-likeness (QED) is 0.862. The van der Waals surface area contributed by atoms with Gasteiger partial charge in [-0.1, -0.05) is 24.1 Å². The van der Waals surface area contributed by atoms with Gasteiger partial charge in [0.2, 0.25) is 0 Å². The normalized spacial score (nSPS) is 24.2. The molecule has 1 aromatic carbocycles. The monoisotopic (exact) mass is 332 g/mol. The van der Waals surface area contributed by atoms with Crippen LogP contribution in [0.1, 0.15) is 31.9 Å². The summed E-state index contributed by atoms with van der Waals surface area (Å²) in [7, 11) is 2.00. The van der Waals surface area contributed by atoms with Gasteiger partial charge >= 0.3 is 0 Å². The first-order valence-electron chi connectivity index (χ1n) is 8.71. The van der Waals surface area contributed by atoms with Crippen molar-refractivity contribution in [3.8, 4) is 0 Å². The number of aryl methyl sites for hydroxylation is 1. The zero-order chi connectivity index (χ0) is 16.0. The van der Waals surface area contributed by atoms with Crippen molar-refractivity contribution in [2.24, 2.45) is 7.05 Å². The van der Waals surface area contributed by atoms with Gasteiger partial charge in [-0.25, -0.2) is 0 Å². The summed E-state index contributed by atoms with van der Waals surface area (Å²) >= 11 is 6.41. The van der Waals surface area contributed by atoms with Gasteiger partial charge in [0.05, 0.1) is 16.2 Å². The third-order valence-corrected chi connectivity index (χ3v) is 5.85. The molecule has 2 aliphatic heterocycles. The average Bonchev–Trinajstić information content (AvgIpc) is 2.81. The van der Waals surface area contributed by atoms with Crippen molar-refractivity contribution in [3.63, 3.8) is 0 Å². The topological polar surface area (TPSA) is 24.3 Å². The van der Waals surface area contributed by atoms with Crippen LogP contribution in [-0.4, -0.2) is 51.3 Å². The van der Waals surface area contributed by atoms with Crippen molar-refractivity contribution >= 4 is 22.5 Å². The molecular formula is C18H25ClN4. The molecule has 0 saturated carbocycles. The van der Waals surface area contributed by atoms with Crippen LogP contribution in [0.25, 0.3) is 10.9 Å². The van der Waals surface area contributed by atoms with Crippen molar-refractivity contribution in [2.45, 2.75) is 44.8 Å². The molecule has 0 N–H and O–H groups in total. The van der Waals surface area contributed by atoms with Gasteiger partial charge in [0, 0.05) is 44.2 Å². The van der Waals surface area contributed by atoms with Gasteiger partial charge in [0.1, 0.15) is 0 Å². The third kappa shape index (κ3) is 2.77. The van der Waals surface area contributed by atoms with E-state index >= 15 is 0 Å². The number of aromatic nitrogens is 2. The van der Waals surface area contributed by atoms with Gasteiger partial charge in [-0.2, -0.15) is 5.10 Å². The predicted octanol–water partition coefficient (Wildman–Crippen LogP) is 3.29. The van der Waals surface area contributed by atoms with E-state index in [0.29, 0.717) is 0 Å². The summed E-state index contributed by atoms with van der Waals surface area (Å²) in [4.78, 5) is 5.21. The molecule has 0 amide bonds. The lowest BCUT2D eigenvalue weighted by Crippen LogP contribution is -2.61. The summed E-state index contributed by atoms with van der Waals surface area (Å²) in [5.41, 5.74) is 2.23. The van der Waals surface area contributed by atoms with Crippen molar-refractivity contribution in [1.82, 2.24) is 19.6 Å². The van der Waals surface area contributed by atoms with E-state index in [4.69, 9.17) is 16.7 Å². The van der Waals surface area contributed by atoms with Gasteiger partial charge in [0.25, 0.3) is 0 Å². The lowest BCUT2D eigenvalue weighted by atomic mass is 9.97. The van der Waals surface area contributed by atoms with Crippen molar-refractivity contribution in [1.29, 1.82) is 0 Å². The first kappa shape index (κ1) is 15.4. The van der Waals surface area contributed by atoms with E-state index in [9.17, 15) is 0 Å². The maximum atomic E-state index is 6.41. The molecule has 2 aromatic rings. The lowest BCUT2D eigenvalue weighted by Gasteiger charge is -2.49. The third-order valence-electron chi connectivity index (χ3n) is 5.53. The molecule has 124 valence electrons. The summed E-state index contributed by atoms with van der Waals surface area (Å²) in [5.74, 6) is 0. The van der Waals surface area contributed by atoms with Gasteiger partial charge in [-0.3, -0.25) is 14.5 Å². The van der Waals surface area contributed by atoms with Gasteiger partial charge in [-0.15, -0.1) is 0 Å². The molecule has 2 saturated heterocycles. The number of fused-ring (bicyclic) bond motifs is 1. The summed E-state index contributed by atoms with van der Waals surface area (Å²) in [6.45, 7) is 6.88. The fraction of sp³-hybridized carbons (Fsp3) is 0.611. The molecule has 0 spiro atoms. The van der Waals surface area contributed by atoms with E-state index in [-0.39, 0.29) is 0 Å². The maximum Gasteiger partial charge on any atom is 0.0858 e. The zero-order valence-corrected chi connectivity index (χ0v) is 14.8. The summed E-state index contributed by atoms with van der Waals surface area (Å²) in [6, 6.07) is 7.53. The lowest BCUT2D eigenvalue weighted by molar-refractivity contribution is -0.00662. The molecule has 0 bridgehead atoms. The molecule has 1 aromatic heterocycles. The van der Waals surface area contributed by atoms with Crippen LogP contribution in [0.15, 0.2) is 18.2 Å². The molecular weight excluding hydrogens is 308 g/mol. The largest absolute Gasteiger partial charge is 0.295 e. The molecule has 3 heterocycles. The van der Waals surface area contributed by atoms with Crippen molar-refractivity contribution in [3.05, 3.63) is 28.9 Å². The number of piperidine rings is 1. The molecule has 2 fully saturated rings.